The van der Waals surface area contributed by atoms with Crippen LogP contribution in [0.3, 0.4) is 0 Å². The van der Waals surface area contributed by atoms with Gasteiger partial charge in [-0.05, 0) is 6.08 Å². The van der Waals surface area contributed by atoms with Crippen LogP contribution in [0.2, 0.25) is 0 Å². The summed E-state index contributed by atoms with van der Waals surface area (Å²) in [6, 6.07) is -0.355. The second-order valence-corrected chi connectivity index (χ2v) is 1.86. The maximum Gasteiger partial charge on any atom is 0.248 e. The maximum absolute atomic E-state index is 10.9. The van der Waals surface area contributed by atoms with E-state index in [-0.39, 0.29) is 11.9 Å². The molecule has 0 fully saturated rings. The van der Waals surface area contributed by atoms with Crippen LogP contribution in [0.4, 0.5) is 0 Å². The minimum absolute atomic E-state index is 0.0889. The van der Waals surface area contributed by atoms with Crippen LogP contribution in [0.1, 0.15) is 0 Å². The first-order chi connectivity index (χ1) is 4.84. The quantitative estimate of drug-likeness (QED) is 0.502. The monoisotopic (exact) mass is 139 g/mol. The van der Waals surface area contributed by atoms with Gasteiger partial charge in [0.1, 0.15) is 6.04 Å². The fraction of sp³-hybridized carbons (Fsp3) is 0.333. The number of nitrogens with zero attached hydrogens (tertiary/aromatic N) is 1. The molecule has 0 saturated heterocycles. The first-order valence-electron chi connectivity index (χ1n) is 3.00. The predicted octanol–water partition coefficient (Wildman–Crippen LogP) is -0.754. The van der Waals surface area contributed by atoms with Crippen LogP contribution in [0.25, 0.3) is 0 Å². The number of rotatable bonds is 1. The number of likely N-dealkylation sites (N-methyl/N-ethyl adjacent to an activating group) is 1. The van der Waals surface area contributed by atoms with Crippen LogP contribution < -0.4 is 10.6 Å². The standard InChI is InChI=1S/C6H9N3O/c1-7-6(10)5-2-3-8-4-9-5/h2-5H,1H3,(H,7,10)(H,8,9). The third-order valence-corrected chi connectivity index (χ3v) is 1.20. The molecular formula is C6H9N3O. The second-order valence-electron chi connectivity index (χ2n) is 1.86. The van der Waals surface area contributed by atoms with Gasteiger partial charge in [-0.2, -0.15) is 0 Å². The minimum atomic E-state index is -0.355. The molecule has 10 heavy (non-hydrogen) atoms. The molecule has 0 aliphatic carbocycles. The molecule has 54 valence electrons. The lowest BCUT2D eigenvalue weighted by atomic mass is 10.3. The average molecular weight is 139 g/mol. The van der Waals surface area contributed by atoms with Gasteiger partial charge in [-0.15, -0.1) is 0 Å². The topological polar surface area (TPSA) is 53.5 Å². The van der Waals surface area contributed by atoms with Crippen molar-refractivity contribution in [1.29, 1.82) is 0 Å². The number of hydrogen-bond acceptors (Lipinski definition) is 3. The zero-order valence-electron chi connectivity index (χ0n) is 5.66. The van der Waals surface area contributed by atoms with Crippen molar-refractivity contribution in [1.82, 2.24) is 10.6 Å². The largest absolute Gasteiger partial charge is 0.357 e. The summed E-state index contributed by atoms with van der Waals surface area (Å²) in [5.74, 6) is -0.0889. The summed E-state index contributed by atoms with van der Waals surface area (Å²) in [5, 5.41) is 5.24. The highest BCUT2D eigenvalue weighted by molar-refractivity contribution is 5.85. The van der Waals surface area contributed by atoms with Gasteiger partial charge >= 0.3 is 0 Å². The smallest absolute Gasteiger partial charge is 0.248 e. The molecule has 0 aromatic carbocycles. The van der Waals surface area contributed by atoms with Crippen LogP contribution >= 0.6 is 0 Å². The SMILES string of the molecule is CNC(=O)C1C=CNC=N1. The molecule has 0 aromatic rings. The van der Waals surface area contributed by atoms with Gasteiger partial charge in [-0.1, -0.05) is 0 Å². The minimum Gasteiger partial charge on any atom is -0.357 e. The Morgan fingerprint density at radius 2 is 2.60 bits per heavy atom. The van der Waals surface area contributed by atoms with Crippen molar-refractivity contribution in [3.63, 3.8) is 0 Å². The van der Waals surface area contributed by atoms with E-state index >= 15 is 0 Å². The summed E-state index contributed by atoms with van der Waals surface area (Å²) in [5.41, 5.74) is 0. The lowest BCUT2D eigenvalue weighted by molar-refractivity contribution is -0.120. The Balaban J connectivity index is 2.55. The molecule has 1 aliphatic heterocycles. The molecule has 0 spiro atoms. The Morgan fingerprint density at radius 3 is 3.10 bits per heavy atom. The third kappa shape index (κ3) is 1.34. The van der Waals surface area contributed by atoms with Gasteiger partial charge in [0.25, 0.3) is 0 Å². The van der Waals surface area contributed by atoms with Crippen molar-refractivity contribution in [2.75, 3.05) is 7.05 Å². The van der Waals surface area contributed by atoms with E-state index in [1.54, 1.807) is 19.3 Å². The molecule has 1 unspecified atom stereocenters. The van der Waals surface area contributed by atoms with Gasteiger partial charge in [-0.3, -0.25) is 9.79 Å². The van der Waals surface area contributed by atoms with Gasteiger partial charge in [0.05, 0.1) is 6.34 Å². The zero-order chi connectivity index (χ0) is 7.40. The summed E-state index contributed by atoms with van der Waals surface area (Å²) in [6.07, 6.45) is 4.88. The van der Waals surface area contributed by atoms with Crippen molar-refractivity contribution in [3.8, 4) is 0 Å². The second kappa shape index (κ2) is 3.00. The molecule has 0 bridgehead atoms. The van der Waals surface area contributed by atoms with Crippen LogP contribution in [-0.4, -0.2) is 25.3 Å². The van der Waals surface area contributed by atoms with Gasteiger partial charge in [-0.25, -0.2) is 0 Å². The molecule has 1 atom stereocenters. The lowest BCUT2D eigenvalue weighted by Crippen LogP contribution is -2.31. The Bertz CT molecular complexity index is 173. The predicted molar refractivity (Wildman–Crippen MR) is 38.6 cm³/mol. The van der Waals surface area contributed by atoms with E-state index in [0.717, 1.165) is 0 Å². The summed E-state index contributed by atoms with van der Waals surface area (Å²) in [6.45, 7) is 0. The van der Waals surface area contributed by atoms with E-state index in [2.05, 4.69) is 15.6 Å². The Labute approximate surface area is 59.0 Å². The normalized spacial score (nSPS) is 21.9. The summed E-state index contributed by atoms with van der Waals surface area (Å²) < 4.78 is 0. The molecule has 0 saturated carbocycles. The Hall–Kier alpha value is -1.32. The first-order valence-corrected chi connectivity index (χ1v) is 3.00. The van der Waals surface area contributed by atoms with Crippen molar-refractivity contribution < 1.29 is 4.79 Å². The molecule has 0 radical (unpaired) electrons. The number of amides is 1. The van der Waals surface area contributed by atoms with Crippen LogP contribution in [0.15, 0.2) is 17.3 Å². The number of nitrogens with one attached hydrogen (secondary N) is 2. The highest BCUT2D eigenvalue weighted by Crippen LogP contribution is 1.94. The van der Waals surface area contributed by atoms with Crippen molar-refractivity contribution >= 4 is 12.2 Å². The summed E-state index contributed by atoms with van der Waals surface area (Å²) in [4.78, 5) is 14.7. The molecular weight excluding hydrogens is 130 g/mol. The molecule has 0 aromatic heterocycles. The summed E-state index contributed by atoms with van der Waals surface area (Å²) in [7, 11) is 1.59. The van der Waals surface area contributed by atoms with Crippen molar-refractivity contribution in [2.24, 2.45) is 4.99 Å². The summed E-state index contributed by atoms with van der Waals surface area (Å²) >= 11 is 0. The van der Waals surface area contributed by atoms with E-state index in [1.807, 2.05) is 0 Å². The van der Waals surface area contributed by atoms with E-state index in [0.29, 0.717) is 0 Å². The highest BCUT2D eigenvalue weighted by atomic mass is 16.2. The van der Waals surface area contributed by atoms with Crippen molar-refractivity contribution in [2.45, 2.75) is 6.04 Å². The van der Waals surface area contributed by atoms with E-state index in [1.165, 1.54) is 6.34 Å². The van der Waals surface area contributed by atoms with Gasteiger partial charge < -0.3 is 10.6 Å². The first kappa shape index (κ1) is 6.80. The third-order valence-electron chi connectivity index (χ3n) is 1.20. The van der Waals surface area contributed by atoms with E-state index < -0.39 is 0 Å². The zero-order valence-corrected chi connectivity index (χ0v) is 5.66. The number of carbonyl (C=O) groups is 1. The van der Waals surface area contributed by atoms with Crippen LogP contribution in [0, 0.1) is 0 Å². The fourth-order valence-electron chi connectivity index (χ4n) is 0.666. The highest BCUT2D eigenvalue weighted by Gasteiger charge is 2.11. The molecule has 4 nitrogen and oxygen atoms in total. The molecule has 1 rings (SSSR count). The van der Waals surface area contributed by atoms with Crippen molar-refractivity contribution in [3.05, 3.63) is 12.3 Å². The molecule has 4 heteroatoms. The number of carbonyl (C=O) groups excluding carboxylic acids is 1. The number of hydrogen-bond donors (Lipinski definition) is 2. The fourth-order valence-corrected chi connectivity index (χ4v) is 0.666. The van der Waals surface area contributed by atoms with Gasteiger partial charge in [0.2, 0.25) is 5.91 Å². The Kier molecular flexibility index (Phi) is 2.04. The van der Waals surface area contributed by atoms with E-state index in [9.17, 15) is 4.79 Å². The van der Waals surface area contributed by atoms with Gasteiger partial charge in [0.15, 0.2) is 0 Å². The lowest BCUT2D eigenvalue weighted by Gasteiger charge is -2.08. The van der Waals surface area contributed by atoms with Gasteiger partial charge in [0, 0.05) is 13.2 Å². The maximum atomic E-state index is 10.9. The molecule has 1 aliphatic rings. The number of aliphatic imine (C=N–C) groups is 1. The average Bonchev–Trinajstić information content (AvgIpc) is 2.05. The van der Waals surface area contributed by atoms with Crippen LogP contribution in [-0.2, 0) is 4.79 Å². The molecule has 1 heterocycles. The Morgan fingerprint density at radius 1 is 1.80 bits per heavy atom. The van der Waals surface area contributed by atoms with E-state index in [4.69, 9.17) is 0 Å². The van der Waals surface area contributed by atoms with Crippen LogP contribution in [0.5, 0.6) is 0 Å². The molecule has 1 amide bonds. The molecule has 2 N–H and O–H groups in total.